The highest BCUT2D eigenvalue weighted by molar-refractivity contribution is 7.96. The molecule has 0 fully saturated rings. The van der Waals surface area contributed by atoms with Gasteiger partial charge < -0.3 is 0 Å². The van der Waals surface area contributed by atoms with Crippen LogP contribution in [0.15, 0.2) is 119 Å². The summed E-state index contributed by atoms with van der Waals surface area (Å²) in [5.74, 6) is -0.738. The fraction of sp³-hybridized carbons (Fsp3) is 0.0370. The molecule has 0 saturated carbocycles. The third-order valence-corrected chi connectivity index (χ3v) is 7.69. The number of allylic oxidation sites excluding steroid dienone is 6. The number of hydrogen-bond donors (Lipinski definition) is 0. The molecular weight excluding hydrogens is 420 g/mol. The summed E-state index contributed by atoms with van der Waals surface area (Å²) in [4.78, 5) is 25.6. The smallest absolute Gasteiger partial charge is 0.210 e. The van der Waals surface area contributed by atoms with Crippen LogP contribution in [0.1, 0.15) is 21.5 Å². The predicted octanol–water partition coefficient (Wildman–Crippen LogP) is 4.70. The summed E-state index contributed by atoms with van der Waals surface area (Å²) < 4.78 is 27.8. The molecule has 4 nitrogen and oxygen atoms in total. The molecule has 0 amide bonds. The van der Waals surface area contributed by atoms with Crippen LogP contribution in [-0.2, 0) is 20.0 Å². The molecule has 2 aliphatic rings. The van der Waals surface area contributed by atoms with Gasteiger partial charge in [0.2, 0.25) is 15.6 Å². The Hall–Kier alpha value is -3.83. The number of rotatable bonds is 3. The third-order valence-electron chi connectivity index (χ3n) is 5.87. The molecule has 156 valence electrons. The fourth-order valence-corrected chi connectivity index (χ4v) is 6.09. The minimum absolute atomic E-state index is 0.0474. The van der Waals surface area contributed by atoms with E-state index < -0.39 is 21.0 Å². The lowest BCUT2D eigenvalue weighted by Gasteiger charge is -2.39. The third kappa shape index (κ3) is 2.93. The Morgan fingerprint density at radius 1 is 0.656 bits per heavy atom. The lowest BCUT2D eigenvalue weighted by Crippen LogP contribution is -2.36. The molecule has 2 aliphatic carbocycles. The van der Waals surface area contributed by atoms with Crippen molar-refractivity contribution >= 4 is 27.0 Å². The molecule has 32 heavy (non-hydrogen) atoms. The van der Waals surface area contributed by atoms with E-state index in [9.17, 15) is 18.0 Å². The molecular formula is C27H18O4S. The Morgan fingerprint density at radius 2 is 1.22 bits per heavy atom. The van der Waals surface area contributed by atoms with Crippen LogP contribution >= 0.6 is 0 Å². The predicted molar refractivity (Wildman–Crippen MR) is 123 cm³/mol. The monoisotopic (exact) mass is 438 g/mol. The van der Waals surface area contributed by atoms with Gasteiger partial charge in [-0.05, 0) is 35.4 Å². The Kier molecular flexibility index (Phi) is 4.64. The molecule has 0 bridgehead atoms. The summed E-state index contributed by atoms with van der Waals surface area (Å²) in [6.45, 7) is 0. The summed E-state index contributed by atoms with van der Waals surface area (Å²) >= 11 is 0. The van der Waals surface area contributed by atoms with Crippen LogP contribution in [0.25, 0.3) is 5.57 Å². The molecule has 1 spiro atoms. The first kappa shape index (κ1) is 20.1. The zero-order valence-corrected chi connectivity index (χ0v) is 17.8. The minimum Gasteiger partial charge on any atom is -0.290 e. The zero-order valence-electron chi connectivity index (χ0n) is 16.9. The number of hydrogen-bond acceptors (Lipinski definition) is 4. The van der Waals surface area contributed by atoms with Crippen LogP contribution in [0, 0.1) is 0 Å². The van der Waals surface area contributed by atoms with Gasteiger partial charge in [0.25, 0.3) is 0 Å². The van der Waals surface area contributed by atoms with E-state index in [0.717, 1.165) is 0 Å². The topological polar surface area (TPSA) is 68.3 Å². The van der Waals surface area contributed by atoms with E-state index in [2.05, 4.69) is 0 Å². The fourth-order valence-electron chi connectivity index (χ4n) is 4.43. The van der Waals surface area contributed by atoms with Crippen molar-refractivity contribution in [1.82, 2.24) is 0 Å². The first-order valence-electron chi connectivity index (χ1n) is 10.1. The van der Waals surface area contributed by atoms with E-state index in [1.807, 2.05) is 18.2 Å². The van der Waals surface area contributed by atoms with E-state index in [-0.39, 0.29) is 15.6 Å². The Morgan fingerprint density at radius 3 is 1.88 bits per heavy atom. The first-order chi connectivity index (χ1) is 15.4. The van der Waals surface area contributed by atoms with Gasteiger partial charge in [0.15, 0.2) is 5.78 Å². The van der Waals surface area contributed by atoms with Crippen molar-refractivity contribution in [2.75, 3.05) is 0 Å². The molecule has 3 aromatic carbocycles. The van der Waals surface area contributed by atoms with E-state index in [1.54, 1.807) is 66.7 Å². The van der Waals surface area contributed by atoms with Crippen molar-refractivity contribution in [2.24, 2.45) is 0 Å². The van der Waals surface area contributed by atoms with Gasteiger partial charge in [-0.3, -0.25) is 9.59 Å². The standard InChI is InChI=1S/C27H18O4S/c28-20-15-17-27(18-16-20)23-14-8-7-13-22(23)25(29)26(24(27)19-9-3-1-4-10-19)32(30,31)21-11-5-2-6-12-21/h1-18H. The highest BCUT2D eigenvalue weighted by Gasteiger charge is 2.47. The van der Waals surface area contributed by atoms with Gasteiger partial charge >= 0.3 is 0 Å². The zero-order chi connectivity index (χ0) is 22.3. The molecule has 0 atom stereocenters. The molecule has 5 heteroatoms. The molecule has 5 rings (SSSR count). The SMILES string of the molecule is O=C1C=CC2(C=C1)C(c1ccccc1)=C(S(=O)(=O)c1ccccc1)C(=O)c1ccccc12. The van der Waals surface area contributed by atoms with Crippen LogP contribution in [0.3, 0.4) is 0 Å². The molecule has 0 saturated heterocycles. The summed E-state index contributed by atoms with van der Waals surface area (Å²) in [5.41, 5.74) is 0.845. The molecule has 0 unspecified atom stereocenters. The Labute approximate surface area is 186 Å². The molecule has 0 N–H and O–H groups in total. The highest BCUT2D eigenvalue weighted by Crippen LogP contribution is 2.51. The average Bonchev–Trinajstić information content (AvgIpc) is 2.84. The van der Waals surface area contributed by atoms with Crippen molar-refractivity contribution in [2.45, 2.75) is 10.3 Å². The van der Waals surface area contributed by atoms with Crippen LogP contribution in [-0.4, -0.2) is 20.0 Å². The molecule has 0 aliphatic heterocycles. The maximum absolute atomic E-state index is 13.9. The maximum atomic E-state index is 13.9. The Balaban J connectivity index is 1.95. The second-order valence-corrected chi connectivity index (χ2v) is 9.59. The number of carbonyl (C=O) groups is 2. The number of ketones is 2. The highest BCUT2D eigenvalue weighted by atomic mass is 32.2. The number of sulfone groups is 1. The van der Waals surface area contributed by atoms with Crippen LogP contribution in [0.5, 0.6) is 0 Å². The number of fused-ring (bicyclic) bond motifs is 2. The van der Waals surface area contributed by atoms with E-state index in [0.29, 0.717) is 22.3 Å². The number of benzene rings is 3. The first-order valence-corrected chi connectivity index (χ1v) is 11.6. The molecule has 3 aromatic rings. The lowest BCUT2D eigenvalue weighted by molar-refractivity contribution is -0.110. The Bertz CT molecular complexity index is 1430. The lowest BCUT2D eigenvalue weighted by atomic mass is 9.64. The summed E-state index contributed by atoms with van der Waals surface area (Å²) in [5, 5.41) is 0. The molecule has 0 heterocycles. The van der Waals surface area contributed by atoms with Crippen molar-refractivity contribution < 1.29 is 18.0 Å². The van der Waals surface area contributed by atoms with E-state index in [4.69, 9.17) is 0 Å². The second kappa shape index (κ2) is 7.39. The molecule has 0 aromatic heterocycles. The van der Waals surface area contributed by atoms with Crippen molar-refractivity contribution in [3.8, 4) is 0 Å². The second-order valence-electron chi connectivity index (χ2n) is 7.70. The van der Waals surface area contributed by atoms with Gasteiger partial charge in [-0.1, -0.05) is 84.9 Å². The van der Waals surface area contributed by atoms with E-state index >= 15 is 0 Å². The van der Waals surface area contributed by atoms with Gasteiger partial charge in [-0.25, -0.2) is 8.42 Å². The number of Topliss-reactive ketones (excluding diaryl/α,β-unsaturated/α-hetero) is 1. The van der Waals surface area contributed by atoms with Crippen molar-refractivity contribution in [1.29, 1.82) is 0 Å². The van der Waals surface area contributed by atoms with E-state index in [1.165, 1.54) is 24.3 Å². The van der Waals surface area contributed by atoms with Gasteiger partial charge in [0.05, 0.1) is 10.3 Å². The molecule has 0 radical (unpaired) electrons. The number of carbonyl (C=O) groups excluding carboxylic acids is 2. The quantitative estimate of drug-likeness (QED) is 0.594. The van der Waals surface area contributed by atoms with Crippen molar-refractivity contribution in [3.63, 3.8) is 0 Å². The van der Waals surface area contributed by atoms with Gasteiger partial charge in [-0.15, -0.1) is 0 Å². The summed E-state index contributed by atoms with van der Waals surface area (Å²) in [6.07, 6.45) is 6.26. The van der Waals surface area contributed by atoms with Gasteiger partial charge in [-0.2, -0.15) is 0 Å². The normalized spacial score (nSPS) is 17.0. The van der Waals surface area contributed by atoms with Gasteiger partial charge in [0, 0.05) is 11.1 Å². The summed E-state index contributed by atoms with van der Waals surface area (Å²) in [6, 6.07) is 23.9. The van der Waals surface area contributed by atoms with Crippen molar-refractivity contribution in [3.05, 3.63) is 131 Å². The van der Waals surface area contributed by atoms with Crippen LogP contribution in [0.4, 0.5) is 0 Å². The summed E-state index contributed by atoms with van der Waals surface area (Å²) in [7, 11) is -4.16. The largest absolute Gasteiger partial charge is 0.290 e. The minimum atomic E-state index is -4.16. The van der Waals surface area contributed by atoms with Crippen LogP contribution < -0.4 is 0 Å². The maximum Gasteiger partial charge on any atom is 0.210 e. The average molecular weight is 439 g/mol. The van der Waals surface area contributed by atoms with Crippen LogP contribution in [0.2, 0.25) is 0 Å². The van der Waals surface area contributed by atoms with Gasteiger partial charge in [0.1, 0.15) is 4.91 Å².